The van der Waals surface area contributed by atoms with Crippen molar-refractivity contribution < 1.29 is 4.74 Å². The molecule has 1 fully saturated rings. The maximum atomic E-state index is 6.08. The fourth-order valence-corrected chi connectivity index (χ4v) is 3.27. The molecular weight excluding hydrogens is 288 g/mol. The van der Waals surface area contributed by atoms with Crippen LogP contribution >= 0.6 is 0 Å². The van der Waals surface area contributed by atoms with Crippen LogP contribution in [-0.2, 0) is 7.05 Å². The Kier molecular flexibility index (Phi) is 4.86. The third-order valence-electron chi connectivity index (χ3n) is 4.68. The summed E-state index contributed by atoms with van der Waals surface area (Å²) in [6.45, 7) is 5.15. The van der Waals surface area contributed by atoms with Gasteiger partial charge in [-0.15, -0.1) is 0 Å². The van der Waals surface area contributed by atoms with E-state index in [1.807, 2.05) is 36.0 Å². The maximum Gasteiger partial charge on any atom is 0.128 e. The lowest BCUT2D eigenvalue weighted by Gasteiger charge is -2.33. The Morgan fingerprint density at radius 1 is 1.30 bits per heavy atom. The van der Waals surface area contributed by atoms with Crippen molar-refractivity contribution in [2.24, 2.45) is 7.05 Å². The number of anilines is 1. The van der Waals surface area contributed by atoms with Crippen LogP contribution in [0.4, 0.5) is 5.69 Å². The van der Waals surface area contributed by atoms with Gasteiger partial charge in [0, 0.05) is 37.1 Å². The molecule has 0 saturated carbocycles. The number of nitrogens with zero attached hydrogens (tertiary/aromatic N) is 3. The summed E-state index contributed by atoms with van der Waals surface area (Å²) in [5.74, 6) is 0.868. The molecule has 1 aromatic heterocycles. The summed E-state index contributed by atoms with van der Waals surface area (Å²) >= 11 is 0. The third-order valence-corrected chi connectivity index (χ3v) is 4.68. The molecule has 0 radical (unpaired) electrons. The van der Waals surface area contributed by atoms with E-state index in [1.165, 1.54) is 25.8 Å². The number of aryl methyl sites for hydroxylation is 1. The monoisotopic (exact) mass is 314 g/mol. The molecule has 0 spiro atoms. The summed E-state index contributed by atoms with van der Waals surface area (Å²) in [5.41, 5.74) is 8.70. The van der Waals surface area contributed by atoms with Crippen LogP contribution in [0.3, 0.4) is 0 Å². The van der Waals surface area contributed by atoms with E-state index in [2.05, 4.69) is 16.9 Å². The molecule has 1 aromatic carbocycles. The zero-order chi connectivity index (χ0) is 16.2. The number of nitrogens with two attached hydrogens (primary N) is 1. The van der Waals surface area contributed by atoms with E-state index >= 15 is 0 Å². The number of likely N-dealkylation sites (tertiary alicyclic amines) is 1. The molecule has 2 N–H and O–H groups in total. The van der Waals surface area contributed by atoms with E-state index in [-0.39, 0.29) is 0 Å². The molecule has 1 saturated heterocycles. The average molecular weight is 314 g/mol. The largest absolute Gasteiger partial charge is 0.492 e. The van der Waals surface area contributed by atoms with Crippen molar-refractivity contribution in [3.8, 4) is 17.0 Å². The molecule has 23 heavy (non-hydrogen) atoms. The van der Waals surface area contributed by atoms with Gasteiger partial charge in [0.25, 0.3) is 0 Å². The van der Waals surface area contributed by atoms with Gasteiger partial charge in [-0.25, -0.2) is 0 Å². The number of benzene rings is 1. The van der Waals surface area contributed by atoms with Crippen molar-refractivity contribution in [3.05, 3.63) is 30.5 Å². The van der Waals surface area contributed by atoms with Gasteiger partial charge >= 0.3 is 0 Å². The van der Waals surface area contributed by atoms with E-state index in [1.54, 1.807) is 6.20 Å². The first-order valence-corrected chi connectivity index (χ1v) is 8.40. The molecule has 1 aliphatic rings. The molecule has 1 unspecified atom stereocenters. The minimum atomic E-state index is 0.662. The van der Waals surface area contributed by atoms with Crippen molar-refractivity contribution in [2.75, 3.05) is 25.4 Å². The number of rotatable bonds is 5. The predicted molar refractivity (Wildman–Crippen MR) is 93.4 cm³/mol. The molecule has 3 rings (SSSR count). The van der Waals surface area contributed by atoms with Gasteiger partial charge in [-0.3, -0.25) is 9.58 Å². The van der Waals surface area contributed by atoms with Gasteiger partial charge in [0.15, 0.2) is 0 Å². The second-order valence-electron chi connectivity index (χ2n) is 6.32. The van der Waals surface area contributed by atoms with Gasteiger partial charge in [-0.05, 0) is 50.6 Å². The van der Waals surface area contributed by atoms with Gasteiger partial charge in [-0.2, -0.15) is 5.10 Å². The Bertz CT molecular complexity index is 652. The van der Waals surface area contributed by atoms with E-state index < -0.39 is 0 Å². The maximum absolute atomic E-state index is 6.08. The highest BCUT2D eigenvalue weighted by Crippen LogP contribution is 2.31. The Labute approximate surface area is 138 Å². The lowest BCUT2D eigenvalue weighted by molar-refractivity contribution is 0.133. The molecule has 0 bridgehead atoms. The highest BCUT2D eigenvalue weighted by atomic mass is 16.5. The summed E-state index contributed by atoms with van der Waals surface area (Å²) in [6, 6.07) is 8.44. The topological polar surface area (TPSA) is 56.3 Å². The van der Waals surface area contributed by atoms with Crippen LogP contribution in [0.2, 0.25) is 0 Å². The molecule has 1 aliphatic heterocycles. The molecule has 2 heterocycles. The highest BCUT2D eigenvalue weighted by molar-refractivity contribution is 5.71. The first-order chi connectivity index (χ1) is 11.1. The van der Waals surface area contributed by atoms with Crippen LogP contribution in [0.5, 0.6) is 5.75 Å². The fraction of sp³-hybridized carbons (Fsp3) is 0.500. The van der Waals surface area contributed by atoms with E-state index in [9.17, 15) is 0 Å². The Balaban J connectivity index is 1.69. The predicted octanol–water partition coefficient (Wildman–Crippen LogP) is 2.92. The summed E-state index contributed by atoms with van der Waals surface area (Å²) < 4.78 is 7.93. The number of ether oxygens (including phenoxy) is 1. The SMILES string of the molecule is CC1CCCCN1CCOc1ccc(N)cc1-c1ccnn1C. The van der Waals surface area contributed by atoms with E-state index in [0.29, 0.717) is 12.6 Å². The van der Waals surface area contributed by atoms with Crippen molar-refractivity contribution in [3.63, 3.8) is 0 Å². The quantitative estimate of drug-likeness (QED) is 0.862. The van der Waals surface area contributed by atoms with Crippen molar-refractivity contribution >= 4 is 5.69 Å². The minimum absolute atomic E-state index is 0.662. The molecule has 5 heteroatoms. The fourth-order valence-electron chi connectivity index (χ4n) is 3.27. The van der Waals surface area contributed by atoms with Crippen molar-refractivity contribution in [2.45, 2.75) is 32.2 Å². The lowest BCUT2D eigenvalue weighted by Crippen LogP contribution is -2.39. The number of nitrogen functional groups attached to an aromatic ring is 1. The van der Waals surface area contributed by atoms with Crippen LogP contribution in [-0.4, -0.2) is 40.4 Å². The zero-order valence-electron chi connectivity index (χ0n) is 14.0. The highest BCUT2D eigenvalue weighted by Gasteiger charge is 2.18. The van der Waals surface area contributed by atoms with Gasteiger partial charge in [0.2, 0.25) is 0 Å². The molecule has 2 aromatic rings. The number of hydrogen-bond donors (Lipinski definition) is 1. The second-order valence-corrected chi connectivity index (χ2v) is 6.32. The number of aromatic nitrogens is 2. The summed E-state index contributed by atoms with van der Waals surface area (Å²) in [7, 11) is 1.93. The van der Waals surface area contributed by atoms with E-state index in [0.717, 1.165) is 29.2 Å². The smallest absolute Gasteiger partial charge is 0.128 e. The Hall–Kier alpha value is -2.01. The first kappa shape index (κ1) is 15.9. The average Bonchev–Trinajstić information content (AvgIpc) is 2.96. The van der Waals surface area contributed by atoms with Gasteiger partial charge in [-0.1, -0.05) is 6.42 Å². The normalized spacial score (nSPS) is 19.0. The Morgan fingerprint density at radius 2 is 2.17 bits per heavy atom. The molecule has 0 aliphatic carbocycles. The van der Waals surface area contributed by atoms with Crippen molar-refractivity contribution in [1.82, 2.24) is 14.7 Å². The first-order valence-electron chi connectivity index (χ1n) is 8.40. The zero-order valence-corrected chi connectivity index (χ0v) is 14.0. The molecule has 1 atom stereocenters. The number of hydrogen-bond acceptors (Lipinski definition) is 4. The lowest BCUT2D eigenvalue weighted by atomic mass is 10.0. The van der Waals surface area contributed by atoms with Crippen LogP contribution in [0, 0.1) is 0 Å². The second kappa shape index (κ2) is 7.04. The summed E-state index contributed by atoms with van der Waals surface area (Å²) in [6.07, 6.45) is 5.73. The molecular formula is C18H26N4O. The minimum Gasteiger partial charge on any atom is -0.492 e. The van der Waals surface area contributed by atoms with E-state index in [4.69, 9.17) is 10.5 Å². The van der Waals surface area contributed by atoms with Crippen LogP contribution in [0.1, 0.15) is 26.2 Å². The summed E-state index contributed by atoms with van der Waals surface area (Å²) in [5, 5.41) is 4.24. The Morgan fingerprint density at radius 3 is 2.91 bits per heavy atom. The third kappa shape index (κ3) is 3.67. The van der Waals surface area contributed by atoms with Gasteiger partial charge in [0.05, 0.1) is 5.69 Å². The standard InChI is InChI=1S/C18H26N4O/c1-14-5-3-4-10-22(14)11-12-23-18-7-6-15(19)13-16(18)17-8-9-20-21(17)2/h6-9,13-14H,3-5,10-12,19H2,1-2H3. The number of piperidine rings is 1. The van der Waals surface area contributed by atoms with Gasteiger partial charge in [0.1, 0.15) is 12.4 Å². The van der Waals surface area contributed by atoms with Crippen LogP contribution in [0.25, 0.3) is 11.3 Å². The van der Waals surface area contributed by atoms with Crippen LogP contribution in [0.15, 0.2) is 30.5 Å². The van der Waals surface area contributed by atoms with Crippen LogP contribution < -0.4 is 10.5 Å². The summed E-state index contributed by atoms with van der Waals surface area (Å²) in [4.78, 5) is 2.52. The molecule has 0 amide bonds. The molecule has 124 valence electrons. The van der Waals surface area contributed by atoms with Crippen molar-refractivity contribution in [1.29, 1.82) is 0 Å². The molecule has 5 nitrogen and oxygen atoms in total. The van der Waals surface area contributed by atoms with Gasteiger partial charge < -0.3 is 10.5 Å².